The normalized spacial score (nSPS) is 10.6. The highest BCUT2D eigenvalue weighted by Crippen LogP contribution is 2.17. The maximum atomic E-state index is 12.8. The van der Waals surface area contributed by atoms with Gasteiger partial charge in [-0.15, -0.1) is 0 Å². The van der Waals surface area contributed by atoms with E-state index in [0.29, 0.717) is 12.1 Å². The number of carbonyl (C=O) groups is 1. The maximum absolute atomic E-state index is 12.8. The van der Waals surface area contributed by atoms with Crippen molar-refractivity contribution in [1.82, 2.24) is 14.7 Å². The van der Waals surface area contributed by atoms with Gasteiger partial charge < -0.3 is 4.90 Å². The number of rotatable bonds is 4. The van der Waals surface area contributed by atoms with E-state index in [-0.39, 0.29) is 11.7 Å². The highest BCUT2D eigenvalue weighted by Gasteiger charge is 2.15. The largest absolute Gasteiger partial charge is 0.336 e. The number of carbonyl (C=O) groups excluding carboxylic acids is 1. The van der Waals surface area contributed by atoms with E-state index < -0.39 is 0 Å². The lowest BCUT2D eigenvalue weighted by molar-refractivity contribution is 0.0783. The third-order valence-electron chi connectivity index (χ3n) is 2.94. The van der Waals surface area contributed by atoms with Crippen molar-refractivity contribution in [1.29, 1.82) is 0 Å². The van der Waals surface area contributed by atoms with Gasteiger partial charge in [-0.3, -0.25) is 9.48 Å². The molecule has 0 radical (unpaired) electrons. The van der Waals surface area contributed by atoms with Crippen LogP contribution < -0.4 is 0 Å². The van der Waals surface area contributed by atoms with E-state index in [1.807, 2.05) is 13.1 Å². The minimum Gasteiger partial charge on any atom is -0.336 e. The van der Waals surface area contributed by atoms with Gasteiger partial charge >= 0.3 is 0 Å². The van der Waals surface area contributed by atoms with Crippen molar-refractivity contribution in [3.05, 3.63) is 52.0 Å². The van der Waals surface area contributed by atoms with E-state index in [4.69, 9.17) is 0 Å². The fraction of sp³-hybridized carbons (Fsp3) is 0.286. The van der Waals surface area contributed by atoms with Crippen LogP contribution in [0.15, 0.2) is 34.9 Å². The molecule has 2 rings (SSSR count). The summed E-state index contributed by atoms with van der Waals surface area (Å²) < 4.78 is 15.5. The molecule has 0 saturated heterocycles. The average molecular weight is 340 g/mol. The molecule has 0 atom stereocenters. The fourth-order valence-electron chi connectivity index (χ4n) is 1.82. The first kappa shape index (κ1) is 14.7. The first-order chi connectivity index (χ1) is 9.51. The zero-order valence-electron chi connectivity index (χ0n) is 11.3. The highest BCUT2D eigenvalue weighted by molar-refractivity contribution is 9.10. The van der Waals surface area contributed by atoms with Crippen LogP contribution in [0, 0.1) is 5.82 Å². The van der Waals surface area contributed by atoms with Gasteiger partial charge in [0.05, 0.1) is 16.7 Å². The van der Waals surface area contributed by atoms with Gasteiger partial charge in [-0.1, -0.05) is 0 Å². The second-order valence-corrected chi connectivity index (χ2v) is 5.30. The predicted octanol–water partition coefficient (Wildman–Crippen LogP) is 3.08. The van der Waals surface area contributed by atoms with E-state index in [2.05, 4.69) is 21.0 Å². The van der Waals surface area contributed by atoms with Crippen molar-refractivity contribution >= 4 is 21.8 Å². The van der Waals surface area contributed by atoms with Crippen LogP contribution in [0.2, 0.25) is 0 Å². The first-order valence-corrected chi connectivity index (χ1v) is 7.03. The van der Waals surface area contributed by atoms with Crippen LogP contribution in [0.3, 0.4) is 0 Å². The van der Waals surface area contributed by atoms with Crippen molar-refractivity contribution in [2.75, 3.05) is 7.05 Å². The Balaban J connectivity index is 2.10. The molecule has 1 aromatic carbocycles. The van der Waals surface area contributed by atoms with Gasteiger partial charge in [0.2, 0.25) is 0 Å². The SMILES string of the molecule is CCn1cc(Br)c(CN(C)C(=O)c2ccc(F)cc2)n1. The molecule has 0 spiro atoms. The zero-order valence-corrected chi connectivity index (χ0v) is 12.9. The lowest BCUT2D eigenvalue weighted by atomic mass is 10.2. The Morgan fingerprint density at radius 3 is 2.60 bits per heavy atom. The number of benzene rings is 1. The Kier molecular flexibility index (Phi) is 4.54. The summed E-state index contributed by atoms with van der Waals surface area (Å²) >= 11 is 3.43. The summed E-state index contributed by atoms with van der Waals surface area (Å²) in [6, 6.07) is 5.52. The molecule has 0 aliphatic heterocycles. The van der Waals surface area contributed by atoms with Gasteiger partial charge in [0.15, 0.2) is 0 Å². The van der Waals surface area contributed by atoms with Gasteiger partial charge in [0.25, 0.3) is 5.91 Å². The van der Waals surface area contributed by atoms with Gasteiger partial charge in [0, 0.05) is 25.4 Å². The number of halogens is 2. The van der Waals surface area contributed by atoms with Crippen molar-refractivity contribution in [2.24, 2.45) is 0 Å². The van der Waals surface area contributed by atoms with Crippen LogP contribution in [-0.2, 0) is 13.1 Å². The number of amides is 1. The first-order valence-electron chi connectivity index (χ1n) is 6.24. The molecule has 2 aromatic rings. The molecule has 20 heavy (non-hydrogen) atoms. The highest BCUT2D eigenvalue weighted by atomic mass is 79.9. The fourth-order valence-corrected chi connectivity index (χ4v) is 2.26. The number of aromatic nitrogens is 2. The van der Waals surface area contributed by atoms with Crippen LogP contribution in [0.25, 0.3) is 0 Å². The molecular formula is C14H15BrFN3O. The number of hydrogen-bond acceptors (Lipinski definition) is 2. The predicted molar refractivity (Wildman–Crippen MR) is 77.8 cm³/mol. The molecule has 1 aromatic heterocycles. The van der Waals surface area contributed by atoms with Gasteiger partial charge in [-0.05, 0) is 47.1 Å². The third-order valence-corrected chi connectivity index (χ3v) is 3.60. The van der Waals surface area contributed by atoms with E-state index in [9.17, 15) is 9.18 Å². The monoisotopic (exact) mass is 339 g/mol. The second kappa shape index (κ2) is 6.17. The Labute approximate surface area is 125 Å². The van der Waals surface area contributed by atoms with Gasteiger partial charge in [0.1, 0.15) is 5.82 Å². The molecule has 0 saturated carbocycles. The summed E-state index contributed by atoms with van der Waals surface area (Å²) in [5.74, 6) is -0.517. The summed E-state index contributed by atoms with van der Waals surface area (Å²) in [7, 11) is 1.70. The maximum Gasteiger partial charge on any atom is 0.253 e. The van der Waals surface area contributed by atoms with Gasteiger partial charge in [-0.2, -0.15) is 5.10 Å². The Morgan fingerprint density at radius 2 is 2.05 bits per heavy atom. The summed E-state index contributed by atoms with van der Waals surface area (Å²) in [6.07, 6.45) is 1.88. The van der Waals surface area contributed by atoms with Crippen molar-refractivity contribution in [3.63, 3.8) is 0 Å². The molecule has 1 amide bonds. The van der Waals surface area contributed by atoms with Crippen LogP contribution in [0.1, 0.15) is 23.0 Å². The van der Waals surface area contributed by atoms with Crippen LogP contribution in [-0.4, -0.2) is 27.6 Å². The molecule has 0 bridgehead atoms. The minimum absolute atomic E-state index is 0.164. The smallest absolute Gasteiger partial charge is 0.253 e. The standard InChI is InChI=1S/C14H15BrFN3O/c1-3-19-8-12(15)13(17-19)9-18(2)14(20)10-4-6-11(16)7-5-10/h4-8H,3,9H2,1-2H3. The molecule has 0 N–H and O–H groups in total. The summed E-state index contributed by atoms with van der Waals surface area (Å²) in [6.45, 7) is 3.16. The summed E-state index contributed by atoms with van der Waals surface area (Å²) in [4.78, 5) is 13.8. The number of hydrogen-bond donors (Lipinski definition) is 0. The van der Waals surface area contributed by atoms with E-state index in [0.717, 1.165) is 16.7 Å². The van der Waals surface area contributed by atoms with Crippen LogP contribution >= 0.6 is 15.9 Å². The van der Waals surface area contributed by atoms with Gasteiger partial charge in [-0.25, -0.2) is 4.39 Å². The molecule has 6 heteroatoms. The lowest BCUT2D eigenvalue weighted by Crippen LogP contribution is -2.26. The molecule has 1 heterocycles. The van der Waals surface area contributed by atoms with Crippen molar-refractivity contribution < 1.29 is 9.18 Å². The summed E-state index contributed by atoms with van der Waals surface area (Å²) in [5.41, 5.74) is 1.25. The Bertz CT molecular complexity index is 609. The zero-order chi connectivity index (χ0) is 14.7. The quantitative estimate of drug-likeness (QED) is 0.858. The van der Waals surface area contributed by atoms with Crippen LogP contribution in [0.4, 0.5) is 4.39 Å². The average Bonchev–Trinajstić information content (AvgIpc) is 2.79. The van der Waals surface area contributed by atoms with Crippen LogP contribution in [0.5, 0.6) is 0 Å². The van der Waals surface area contributed by atoms with E-state index >= 15 is 0 Å². The van der Waals surface area contributed by atoms with E-state index in [1.54, 1.807) is 16.6 Å². The molecule has 4 nitrogen and oxygen atoms in total. The molecule has 0 aliphatic rings. The second-order valence-electron chi connectivity index (χ2n) is 4.45. The minimum atomic E-state index is -0.353. The summed E-state index contributed by atoms with van der Waals surface area (Å²) in [5, 5.41) is 4.37. The lowest BCUT2D eigenvalue weighted by Gasteiger charge is -2.16. The molecule has 0 unspecified atom stereocenters. The molecule has 0 aliphatic carbocycles. The van der Waals surface area contributed by atoms with Crippen molar-refractivity contribution in [3.8, 4) is 0 Å². The molecular weight excluding hydrogens is 325 g/mol. The Hall–Kier alpha value is -1.69. The van der Waals surface area contributed by atoms with Crippen molar-refractivity contribution in [2.45, 2.75) is 20.0 Å². The van der Waals surface area contributed by atoms with E-state index in [1.165, 1.54) is 24.3 Å². The Morgan fingerprint density at radius 1 is 1.40 bits per heavy atom. The number of nitrogens with zero attached hydrogens (tertiary/aromatic N) is 3. The third kappa shape index (κ3) is 3.25. The molecule has 0 fully saturated rings. The number of aryl methyl sites for hydroxylation is 1. The molecule has 106 valence electrons. The topological polar surface area (TPSA) is 38.1 Å².